The number of nitrogens with zero attached hydrogens (tertiary/aromatic N) is 1. The molecule has 0 aliphatic heterocycles. The Hall–Kier alpha value is -2.79. The lowest BCUT2D eigenvalue weighted by Gasteiger charge is -2.11. The fourth-order valence-electron chi connectivity index (χ4n) is 3.17. The van der Waals surface area contributed by atoms with Gasteiger partial charge in [-0.15, -0.1) is 0 Å². The van der Waals surface area contributed by atoms with Crippen molar-refractivity contribution in [2.75, 3.05) is 20.8 Å². The highest BCUT2D eigenvalue weighted by Crippen LogP contribution is 2.33. The third-order valence-electron chi connectivity index (χ3n) is 4.38. The highest BCUT2D eigenvalue weighted by molar-refractivity contribution is 5.82. The molecule has 5 heteroatoms. The second-order valence-electron chi connectivity index (χ2n) is 6.71. The second-order valence-corrected chi connectivity index (χ2v) is 6.71. The number of methoxy groups -OCH3 is 2. The van der Waals surface area contributed by atoms with E-state index in [1.54, 1.807) is 21.1 Å². The summed E-state index contributed by atoms with van der Waals surface area (Å²) in [5.74, 6) is 1.97. The zero-order chi connectivity index (χ0) is 19.6. The van der Waals surface area contributed by atoms with Crippen LogP contribution in [0.3, 0.4) is 0 Å². The van der Waals surface area contributed by atoms with E-state index in [2.05, 4.69) is 11.1 Å². The number of rotatable bonds is 5. The highest BCUT2D eigenvalue weighted by atomic mass is 16.5. The van der Waals surface area contributed by atoms with E-state index < -0.39 is 6.10 Å². The first-order valence-corrected chi connectivity index (χ1v) is 8.89. The minimum absolute atomic E-state index is 0.331. The van der Waals surface area contributed by atoms with Crippen LogP contribution in [0.5, 0.6) is 11.5 Å². The summed E-state index contributed by atoms with van der Waals surface area (Å²) in [7, 11) is 3.21. The van der Waals surface area contributed by atoms with Crippen LogP contribution in [-0.2, 0) is 0 Å². The number of aliphatic hydroxyl groups excluding tert-OH is 1. The van der Waals surface area contributed by atoms with Crippen molar-refractivity contribution in [3.8, 4) is 22.8 Å². The van der Waals surface area contributed by atoms with Gasteiger partial charge >= 0.3 is 0 Å². The van der Waals surface area contributed by atoms with Crippen molar-refractivity contribution >= 4 is 11.0 Å². The van der Waals surface area contributed by atoms with Crippen LogP contribution in [0.15, 0.2) is 45.8 Å². The Morgan fingerprint density at radius 3 is 2.44 bits per heavy atom. The third-order valence-corrected chi connectivity index (χ3v) is 4.38. The lowest BCUT2D eigenvalue weighted by atomic mass is 10.0. The Kier molecular flexibility index (Phi) is 5.51. The SMILES string of the molecule is COc1ccc(-c2cc(=NCC(C)O)c3c(C)cc(C)cc3o2)cc1OC. The van der Waals surface area contributed by atoms with Crippen LogP contribution in [0.1, 0.15) is 18.1 Å². The van der Waals surface area contributed by atoms with Crippen LogP contribution in [0.4, 0.5) is 0 Å². The zero-order valence-corrected chi connectivity index (χ0v) is 16.4. The molecule has 0 radical (unpaired) electrons. The first kappa shape index (κ1) is 19.0. The molecule has 0 spiro atoms. The smallest absolute Gasteiger partial charge is 0.161 e. The monoisotopic (exact) mass is 367 g/mol. The van der Waals surface area contributed by atoms with Crippen LogP contribution in [0.2, 0.25) is 0 Å². The van der Waals surface area contributed by atoms with Gasteiger partial charge in [0.15, 0.2) is 11.5 Å². The lowest BCUT2D eigenvalue weighted by Crippen LogP contribution is -2.12. The molecule has 1 aromatic heterocycles. The number of hydrogen-bond donors (Lipinski definition) is 1. The molecule has 3 aromatic rings. The summed E-state index contributed by atoms with van der Waals surface area (Å²) in [6, 6.07) is 11.7. The molecule has 0 saturated heterocycles. The summed E-state index contributed by atoms with van der Waals surface area (Å²) in [6.07, 6.45) is -0.507. The number of fused-ring (bicyclic) bond motifs is 1. The van der Waals surface area contributed by atoms with Gasteiger partial charge in [0.05, 0.1) is 32.2 Å². The van der Waals surface area contributed by atoms with E-state index in [-0.39, 0.29) is 0 Å². The molecule has 0 aliphatic carbocycles. The van der Waals surface area contributed by atoms with Gasteiger partial charge in [-0.2, -0.15) is 0 Å². The zero-order valence-electron chi connectivity index (χ0n) is 16.4. The van der Waals surface area contributed by atoms with Crippen molar-refractivity contribution in [3.05, 3.63) is 52.9 Å². The van der Waals surface area contributed by atoms with Crippen LogP contribution < -0.4 is 14.8 Å². The predicted octanol–water partition coefficient (Wildman–Crippen LogP) is 4.02. The van der Waals surface area contributed by atoms with Gasteiger partial charge < -0.3 is 19.0 Å². The molecule has 1 heterocycles. The molecule has 1 N–H and O–H groups in total. The fraction of sp³-hybridized carbons (Fsp3) is 0.318. The van der Waals surface area contributed by atoms with Crippen molar-refractivity contribution < 1.29 is 19.0 Å². The van der Waals surface area contributed by atoms with Crippen molar-refractivity contribution in [3.63, 3.8) is 0 Å². The largest absolute Gasteiger partial charge is 0.493 e. The number of benzene rings is 2. The van der Waals surface area contributed by atoms with Gasteiger partial charge in [0.2, 0.25) is 0 Å². The maximum atomic E-state index is 9.66. The normalized spacial score (nSPS) is 13.0. The average Bonchev–Trinajstić information content (AvgIpc) is 2.64. The Morgan fingerprint density at radius 2 is 1.78 bits per heavy atom. The van der Waals surface area contributed by atoms with Gasteiger partial charge in [0.1, 0.15) is 11.3 Å². The summed E-state index contributed by atoms with van der Waals surface area (Å²) < 4.78 is 16.9. The predicted molar refractivity (Wildman–Crippen MR) is 106 cm³/mol. The third kappa shape index (κ3) is 3.98. The summed E-state index contributed by atoms with van der Waals surface area (Å²) in [5, 5.41) is 11.4. The number of hydrogen-bond acceptors (Lipinski definition) is 5. The highest BCUT2D eigenvalue weighted by Gasteiger charge is 2.12. The van der Waals surface area contributed by atoms with E-state index >= 15 is 0 Å². The van der Waals surface area contributed by atoms with Gasteiger partial charge in [-0.25, -0.2) is 0 Å². The van der Waals surface area contributed by atoms with Gasteiger partial charge in [-0.05, 0) is 56.2 Å². The summed E-state index contributed by atoms with van der Waals surface area (Å²) >= 11 is 0. The Labute approximate surface area is 158 Å². The molecule has 2 aromatic carbocycles. The Bertz CT molecular complexity index is 1030. The Morgan fingerprint density at radius 1 is 1.04 bits per heavy atom. The molecule has 142 valence electrons. The second kappa shape index (κ2) is 7.84. The van der Waals surface area contributed by atoms with Crippen molar-refractivity contribution in [1.29, 1.82) is 0 Å². The van der Waals surface area contributed by atoms with E-state index in [0.717, 1.165) is 33.0 Å². The first-order valence-electron chi connectivity index (χ1n) is 8.89. The standard InChI is InChI=1S/C22H25NO4/c1-13-8-14(2)22-17(23-12-15(3)24)11-19(27-21(22)9-13)16-6-7-18(25-4)20(10-16)26-5/h6-11,15,24H,12H2,1-5H3. The van der Waals surface area contributed by atoms with E-state index in [4.69, 9.17) is 13.9 Å². The first-order chi connectivity index (χ1) is 12.9. The quantitative estimate of drug-likeness (QED) is 0.740. The molecule has 3 rings (SSSR count). The minimum atomic E-state index is -0.507. The van der Waals surface area contributed by atoms with Crippen molar-refractivity contribution in [2.45, 2.75) is 26.9 Å². The van der Waals surface area contributed by atoms with Crippen LogP contribution in [0.25, 0.3) is 22.3 Å². The summed E-state index contributed by atoms with van der Waals surface area (Å²) in [4.78, 5) is 4.62. The lowest BCUT2D eigenvalue weighted by molar-refractivity contribution is 0.203. The van der Waals surface area contributed by atoms with Crippen LogP contribution >= 0.6 is 0 Å². The maximum Gasteiger partial charge on any atom is 0.161 e. The fourth-order valence-corrected chi connectivity index (χ4v) is 3.17. The van der Waals surface area contributed by atoms with Crippen LogP contribution in [0, 0.1) is 13.8 Å². The molecule has 5 nitrogen and oxygen atoms in total. The molecule has 1 atom stereocenters. The van der Waals surface area contributed by atoms with Crippen molar-refractivity contribution in [1.82, 2.24) is 0 Å². The number of aliphatic hydroxyl groups is 1. The topological polar surface area (TPSA) is 64.2 Å². The minimum Gasteiger partial charge on any atom is -0.493 e. The van der Waals surface area contributed by atoms with E-state index in [1.807, 2.05) is 44.2 Å². The molecular formula is C22H25NO4. The number of aryl methyl sites for hydroxylation is 2. The van der Waals surface area contributed by atoms with Gasteiger partial charge in [-0.1, -0.05) is 6.07 Å². The van der Waals surface area contributed by atoms with Gasteiger partial charge in [-0.3, -0.25) is 4.99 Å². The molecular weight excluding hydrogens is 342 g/mol. The van der Waals surface area contributed by atoms with Gasteiger partial charge in [0, 0.05) is 17.0 Å². The summed E-state index contributed by atoms with van der Waals surface area (Å²) in [5.41, 5.74) is 3.85. The molecule has 0 aliphatic rings. The van der Waals surface area contributed by atoms with Crippen molar-refractivity contribution in [2.24, 2.45) is 4.99 Å². The molecule has 0 fully saturated rings. The maximum absolute atomic E-state index is 9.66. The summed E-state index contributed by atoms with van der Waals surface area (Å²) in [6.45, 7) is 6.14. The van der Waals surface area contributed by atoms with E-state index in [9.17, 15) is 5.11 Å². The Balaban J connectivity index is 2.27. The molecule has 0 amide bonds. The van der Waals surface area contributed by atoms with E-state index in [0.29, 0.717) is 23.8 Å². The molecule has 0 saturated carbocycles. The van der Waals surface area contributed by atoms with E-state index in [1.165, 1.54) is 0 Å². The number of ether oxygens (including phenoxy) is 2. The molecule has 27 heavy (non-hydrogen) atoms. The molecule has 0 bridgehead atoms. The average molecular weight is 367 g/mol. The molecule has 1 unspecified atom stereocenters. The van der Waals surface area contributed by atoms with Crippen LogP contribution in [-0.4, -0.2) is 32.0 Å². The van der Waals surface area contributed by atoms with Gasteiger partial charge in [0.25, 0.3) is 0 Å².